The number of hydrogen-bond donors (Lipinski definition) is 1. The topological polar surface area (TPSA) is 75.7 Å². The summed E-state index contributed by atoms with van der Waals surface area (Å²) in [6, 6.07) is 16.4. The SMILES string of the molecule is CC(C)(C)N(Cc1ccccc1)C(=O)COC(=O)CNC(=O)c1ccc(Br)cc1. The van der Waals surface area contributed by atoms with E-state index >= 15 is 0 Å². The number of nitrogens with one attached hydrogen (secondary N) is 1. The van der Waals surface area contributed by atoms with Gasteiger partial charge in [0.15, 0.2) is 6.61 Å². The average Bonchev–Trinajstić information content (AvgIpc) is 2.69. The van der Waals surface area contributed by atoms with Crippen LogP contribution in [0.15, 0.2) is 59.1 Å². The highest BCUT2D eigenvalue weighted by Gasteiger charge is 2.27. The number of amides is 2. The molecule has 0 aromatic heterocycles. The molecule has 0 aliphatic rings. The Bertz CT molecular complexity index is 845. The Hall–Kier alpha value is -2.67. The Morgan fingerprint density at radius 1 is 1.00 bits per heavy atom. The molecule has 0 saturated heterocycles. The van der Waals surface area contributed by atoms with Crippen LogP contribution in [-0.2, 0) is 20.9 Å². The molecule has 2 rings (SSSR count). The van der Waals surface area contributed by atoms with Crippen molar-refractivity contribution in [2.45, 2.75) is 32.9 Å². The van der Waals surface area contributed by atoms with Gasteiger partial charge in [0.25, 0.3) is 11.8 Å². The van der Waals surface area contributed by atoms with E-state index in [1.54, 1.807) is 29.2 Å². The summed E-state index contributed by atoms with van der Waals surface area (Å²) in [6.45, 7) is 5.50. The van der Waals surface area contributed by atoms with Gasteiger partial charge < -0.3 is 15.0 Å². The minimum atomic E-state index is -0.669. The van der Waals surface area contributed by atoms with Crippen molar-refractivity contribution in [1.29, 1.82) is 0 Å². The van der Waals surface area contributed by atoms with Gasteiger partial charge in [-0.05, 0) is 50.6 Å². The number of esters is 1. The van der Waals surface area contributed by atoms with Crippen molar-refractivity contribution in [3.05, 3.63) is 70.2 Å². The number of carbonyl (C=O) groups is 3. The van der Waals surface area contributed by atoms with E-state index in [-0.39, 0.29) is 25.0 Å². The first-order valence-electron chi connectivity index (χ1n) is 9.20. The normalized spacial score (nSPS) is 10.9. The van der Waals surface area contributed by atoms with Crippen molar-refractivity contribution in [1.82, 2.24) is 10.2 Å². The summed E-state index contributed by atoms with van der Waals surface area (Å²) < 4.78 is 5.92. The summed E-state index contributed by atoms with van der Waals surface area (Å²) in [7, 11) is 0. The second-order valence-electron chi connectivity index (χ2n) is 7.49. The number of benzene rings is 2. The van der Waals surface area contributed by atoms with Gasteiger partial charge in [0.05, 0.1) is 0 Å². The van der Waals surface area contributed by atoms with Gasteiger partial charge in [-0.1, -0.05) is 46.3 Å². The Balaban J connectivity index is 1.86. The molecular formula is C22H25BrN2O4. The van der Waals surface area contributed by atoms with Crippen molar-refractivity contribution in [2.75, 3.05) is 13.2 Å². The number of nitrogens with zero attached hydrogens (tertiary/aromatic N) is 1. The van der Waals surface area contributed by atoms with Gasteiger partial charge in [0.1, 0.15) is 6.54 Å². The molecule has 0 unspecified atom stereocenters. The third-order valence-corrected chi connectivity index (χ3v) is 4.68. The summed E-state index contributed by atoms with van der Waals surface area (Å²) in [5, 5.41) is 2.49. The van der Waals surface area contributed by atoms with Crippen LogP contribution in [0, 0.1) is 0 Å². The molecule has 0 bridgehead atoms. The Morgan fingerprint density at radius 3 is 2.21 bits per heavy atom. The van der Waals surface area contributed by atoms with E-state index in [0.29, 0.717) is 12.1 Å². The zero-order valence-electron chi connectivity index (χ0n) is 16.8. The molecular weight excluding hydrogens is 436 g/mol. The lowest BCUT2D eigenvalue weighted by Crippen LogP contribution is -2.47. The lowest BCUT2D eigenvalue weighted by molar-refractivity contribution is -0.153. The van der Waals surface area contributed by atoms with E-state index in [1.165, 1.54) is 0 Å². The monoisotopic (exact) mass is 460 g/mol. The molecule has 0 heterocycles. The van der Waals surface area contributed by atoms with Crippen LogP contribution < -0.4 is 5.32 Å². The second kappa shape index (κ2) is 10.2. The molecule has 0 saturated carbocycles. The predicted octanol–water partition coefficient (Wildman–Crippen LogP) is 3.55. The fourth-order valence-electron chi connectivity index (χ4n) is 2.59. The largest absolute Gasteiger partial charge is 0.454 e. The van der Waals surface area contributed by atoms with Crippen molar-refractivity contribution < 1.29 is 19.1 Å². The number of hydrogen-bond acceptors (Lipinski definition) is 4. The summed E-state index contributed by atoms with van der Waals surface area (Å²) in [5.74, 6) is -1.35. The third kappa shape index (κ3) is 7.34. The van der Waals surface area contributed by atoms with Crippen molar-refractivity contribution in [2.24, 2.45) is 0 Å². The smallest absolute Gasteiger partial charge is 0.325 e. The molecule has 6 nitrogen and oxygen atoms in total. The van der Waals surface area contributed by atoms with Crippen LogP contribution in [0.25, 0.3) is 0 Å². The summed E-state index contributed by atoms with van der Waals surface area (Å²) >= 11 is 3.30. The van der Waals surface area contributed by atoms with Crippen LogP contribution in [0.3, 0.4) is 0 Å². The zero-order chi connectivity index (χ0) is 21.4. The average molecular weight is 461 g/mol. The van der Waals surface area contributed by atoms with Gasteiger partial charge in [-0.2, -0.15) is 0 Å². The number of halogens is 1. The molecule has 0 fully saturated rings. The van der Waals surface area contributed by atoms with Crippen molar-refractivity contribution >= 4 is 33.7 Å². The molecule has 29 heavy (non-hydrogen) atoms. The number of ether oxygens (including phenoxy) is 1. The van der Waals surface area contributed by atoms with Crippen LogP contribution in [0.2, 0.25) is 0 Å². The van der Waals surface area contributed by atoms with Crippen LogP contribution in [0.1, 0.15) is 36.7 Å². The van der Waals surface area contributed by atoms with E-state index in [2.05, 4.69) is 21.2 Å². The van der Waals surface area contributed by atoms with Crippen LogP contribution in [0.4, 0.5) is 0 Å². The van der Waals surface area contributed by atoms with Gasteiger partial charge in [0.2, 0.25) is 0 Å². The van der Waals surface area contributed by atoms with Crippen LogP contribution in [0.5, 0.6) is 0 Å². The van der Waals surface area contributed by atoms with E-state index in [4.69, 9.17) is 4.74 Å². The minimum Gasteiger partial charge on any atom is -0.454 e. The quantitative estimate of drug-likeness (QED) is 0.640. The predicted molar refractivity (Wildman–Crippen MR) is 114 cm³/mol. The second-order valence-corrected chi connectivity index (χ2v) is 8.40. The van der Waals surface area contributed by atoms with Gasteiger partial charge in [-0.15, -0.1) is 0 Å². The first kappa shape index (κ1) is 22.6. The van der Waals surface area contributed by atoms with Gasteiger partial charge in [0, 0.05) is 22.1 Å². The zero-order valence-corrected chi connectivity index (χ0v) is 18.4. The highest BCUT2D eigenvalue weighted by molar-refractivity contribution is 9.10. The first-order chi connectivity index (χ1) is 13.7. The first-order valence-corrected chi connectivity index (χ1v) is 10.00. The molecule has 2 aromatic carbocycles. The molecule has 0 atom stereocenters. The van der Waals surface area contributed by atoms with Crippen molar-refractivity contribution in [3.63, 3.8) is 0 Å². The molecule has 0 radical (unpaired) electrons. The maximum Gasteiger partial charge on any atom is 0.325 e. The van der Waals surface area contributed by atoms with Gasteiger partial charge >= 0.3 is 5.97 Å². The van der Waals surface area contributed by atoms with E-state index in [0.717, 1.165) is 10.0 Å². The van der Waals surface area contributed by atoms with E-state index in [9.17, 15) is 14.4 Å². The summed E-state index contributed by atoms with van der Waals surface area (Å²) in [5.41, 5.74) is 0.984. The summed E-state index contributed by atoms with van der Waals surface area (Å²) in [4.78, 5) is 38.3. The number of carbonyl (C=O) groups excluding carboxylic acids is 3. The molecule has 2 aromatic rings. The molecule has 2 amide bonds. The van der Waals surface area contributed by atoms with Crippen LogP contribution in [-0.4, -0.2) is 41.4 Å². The number of rotatable bonds is 7. The lowest BCUT2D eigenvalue weighted by Gasteiger charge is -2.35. The fourth-order valence-corrected chi connectivity index (χ4v) is 2.86. The third-order valence-electron chi connectivity index (χ3n) is 4.15. The maximum absolute atomic E-state index is 12.6. The molecule has 0 spiro atoms. The molecule has 7 heteroatoms. The van der Waals surface area contributed by atoms with Crippen LogP contribution >= 0.6 is 15.9 Å². The van der Waals surface area contributed by atoms with Gasteiger partial charge in [-0.25, -0.2) is 0 Å². The van der Waals surface area contributed by atoms with Gasteiger partial charge in [-0.3, -0.25) is 14.4 Å². The molecule has 1 N–H and O–H groups in total. The Labute approximate surface area is 179 Å². The molecule has 0 aliphatic carbocycles. The summed E-state index contributed by atoms with van der Waals surface area (Å²) in [6.07, 6.45) is 0. The highest BCUT2D eigenvalue weighted by atomic mass is 79.9. The van der Waals surface area contributed by atoms with E-state index in [1.807, 2.05) is 51.1 Å². The van der Waals surface area contributed by atoms with Crippen molar-refractivity contribution in [3.8, 4) is 0 Å². The molecule has 0 aliphatic heterocycles. The van der Waals surface area contributed by atoms with E-state index < -0.39 is 11.5 Å². The molecule has 154 valence electrons. The lowest BCUT2D eigenvalue weighted by atomic mass is 10.0. The Morgan fingerprint density at radius 2 is 1.62 bits per heavy atom. The standard InChI is InChI=1S/C22H25BrN2O4/c1-22(2,3)25(14-16-7-5-4-6-8-16)19(26)15-29-20(27)13-24-21(28)17-9-11-18(23)12-10-17/h4-12H,13-15H2,1-3H3,(H,24,28). The minimum absolute atomic E-state index is 0.297. The maximum atomic E-state index is 12.6. The highest BCUT2D eigenvalue weighted by Crippen LogP contribution is 2.18. The Kier molecular flexibility index (Phi) is 7.96. The fraction of sp³-hybridized carbons (Fsp3) is 0.318.